The molecule has 0 spiro atoms. The van der Waals surface area contributed by atoms with Crippen molar-refractivity contribution in [2.75, 3.05) is 46.4 Å². The van der Waals surface area contributed by atoms with Crippen LogP contribution in [0.5, 0.6) is 0 Å². The van der Waals surface area contributed by atoms with Gasteiger partial charge in [0, 0.05) is 49.9 Å². The fraction of sp³-hybridized carbons (Fsp3) is 0.750. The minimum Gasteiger partial charge on any atom is -0.378 e. The molecule has 2 aliphatic rings. The summed E-state index contributed by atoms with van der Waals surface area (Å²) >= 11 is 1.69. The van der Waals surface area contributed by atoms with Crippen LogP contribution in [-0.2, 0) is 21.5 Å². The van der Waals surface area contributed by atoms with Crippen LogP contribution in [-0.4, -0.2) is 73.1 Å². The summed E-state index contributed by atoms with van der Waals surface area (Å²) in [5.74, 6) is 1.31. The first-order valence-corrected chi connectivity index (χ1v) is 11.0. The predicted octanol–water partition coefficient (Wildman–Crippen LogP) is 2.09. The molecule has 1 N–H and O–H groups in total. The Hall–Kier alpha value is -1.67. The van der Waals surface area contributed by atoms with Crippen molar-refractivity contribution in [2.45, 2.75) is 45.6 Å². The first-order valence-electron chi connectivity index (χ1n) is 10.2. The maximum absolute atomic E-state index is 12.7. The minimum absolute atomic E-state index is 0.0747. The van der Waals surface area contributed by atoms with E-state index in [1.165, 1.54) is 0 Å². The molecule has 3 heterocycles. The molecule has 0 aliphatic carbocycles. The first kappa shape index (κ1) is 21.0. The molecule has 2 saturated heterocycles. The average Bonchev–Trinajstić information content (AvgIpc) is 3.19. The Bertz CT molecular complexity index is 683. The maximum atomic E-state index is 12.7. The summed E-state index contributed by atoms with van der Waals surface area (Å²) in [5.41, 5.74) is 1.21. The average molecular weight is 408 g/mol. The van der Waals surface area contributed by atoms with Crippen molar-refractivity contribution in [3.8, 4) is 0 Å². The van der Waals surface area contributed by atoms with E-state index in [-0.39, 0.29) is 11.3 Å². The summed E-state index contributed by atoms with van der Waals surface area (Å²) in [6.45, 7) is 11.7. The van der Waals surface area contributed by atoms with Gasteiger partial charge in [-0.1, -0.05) is 20.8 Å². The summed E-state index contributed by atoms with van der Waals surface area (Å²) in [5, 5.41) is 6.65. The van der Waals surface area contributed by atoms with Crippen molar-refractivity contribution in [1.82, 2.24) is 20.1 Å². The standard InChI is InChI=1S/C20H33N5O2S/c1-20(2,3)16-14-28-17(23-16)13-22-19(21-4)25-7-5-15(6-8-25)18(26)24-9-11-27-12-10-24/h14-15H,5-13H2,1-4H3,(H,21,22). The zero-order chi connectivity index (χ0) is 20.1. The van der Waals surface area contributed by atoms with Crippen molar-refractivity contribution in [3.05, 3.63) is 16.1 Å². The van der Waals surface area contributed by atoms with E-state index in [1.54, 1.807) is 11.3 Å². The molecular formula is C20H33N5O2S. The molecule has 8 heteroatoms. The minimum atomic E-state index is 0.0747. The van der Waals surface area contributed by atoms with E-state index in [9.17, 15) is 4.79 Å². The van der Waals surface area contributed by atoms with Gasteiger partial charge in [0.2, 0.25) is 5.91 Å². The van der Waals surface area contributed by atoms with Crippen LogP contribution in [0.4, 0.5) is 0 Å². The Kier molecular flexibility index (Phi) is 6.93. The molecule has 156 valence electrons. The monoisotopic (exact) mass is 407 g/mol. The topological polar surface area (TPSA) is 70.1 Å². The van der Waals surface area contributed by atoms with E-state index in [0.717, 1.165) is 55.7 Å². The van der Waals surface area contributed by atoms with Crippen LogP contribution in [0.15, 0.2) is 10.4 Å². The number of nitrogens with one attached hydrogen (secondary N) is 1. The van der Waals surface area contributed by atoms with E-state index in [1.807, 2.05) is 11.9 Å². The number of aliphatic imine (C=N–C) groups is 1. The van der Waals surface area contributed by atoms with Crippen LogP contribution in [0.3, 0.4) is 0 Å². The Balaban J connectivity index is 1.48. The van der Waals surface area contributed by atoms with Crippen LogP contribution >= 0.6 is 11.3 Å². The van der Waals surface area contributed by atoms with Gasteiger partial charge in [-0.25, -0.2) is 4.98 Å². The number of rotatable bonds is 3. The third kappa shape index (κ3) is 5.23. The molecule has 0 atom stereocenters. The normalized spacial score (nSPS) is 19.8. The molecule has 28 heavy (non-hydrogen) atoms. The lowest BCUT2D eigenvalue weighted by Gasteiger charge is -2.36. The Morgan fingerprint density at radius 2 is 1.93 bits per heavy atom. The second-order valence-electron chi connectivity index (χ2n) is 8.48. The lowest BCUT2D eigenvalue weighted by atomic mass is 9.93. The fourth-order valence-corrected chi connectivity index (χ4v) is 4.56. The summed E-state index contributed by atoms with van der Waals surface area (Å²) in [4.78, 5) is 26.1. The number of aromatic nitrogens is 1. The maximum Gasteiger partial charge on any atom is 0.225 e. The number of hydrogen-bond donors (Lipinski definition) is 1. The van der Waals surface area contributed by atoms with Gasteiger partial charge < -0.3 is 19.9 Å². The van der Waals surface area contributed by atoms with Gasteiger partial charge in [-0.3, -0.25) is 9.79 Å². The summed E-state index contributed by atoms with van der Waals surface area (Å²) in [6, 6.07) is 0. The van der Waals surface area contributed by atoms with Crippen molar-refractivity contribution < 1.29 is 9.53 Å². The first-order chi connectivity index (χ1) is 13.4. The molecule has 0 unspecified atom stereocenters. The zero-order valence-electron chi connectivity index (χ0n) is 17.5. The molecule has 1 aromatic rings. The number of carbonyl (C=O) groups excluding carboxylic acids is 1. The summed E-state index contributed by atoms with van der Waals surface area (Å²) < 4.78 is 5.35. The van der Waals surface area contributed by atoms with Crippen LogP contribution in [0, 0.1) is 5.92 Å². The van der Waals surface area contributed by atoms with Gasteiger partial charge in [0.05, 0.1) is 25.5 Å². The molecule has 1 amide bonds. The number of nitrogens with zero attached hydrogens (tertiary/aromatic N) is 4. The Morgan fingerprint density at radius 3 is 2.50 bits per heavy atom. The number of amides is 1. The van der Waals surface area contributed by atoms with E-state index in [4.69, 9.17) is 9.72 Å². The van der Waals surface area contributed by atoms with Crippen LogP contribution < -0.4 is 5.32 Å². The highest BCUT2D eigenvalue weighted by Gasteiger charge is 2.30. The third-order valence-corrected chi connectivity index (χ3v) is 6.25. The molecule has 0 radical (unpaired) electrons. The molecule has 0 aromatic carbocycles. The van der Waals surface area contributed by atoms with Gasteiger partial charge in [0.15, 0.2) is 5.96 Å². The number of hydrogen-bond acceptors (Lipinski definition) is 5. The molecule has 7 nitrogen and oxygen atoms in total. The number of piperidine rings is 1. The smallest absolute Gasteiger partial charge is 0.225 e. The number of likely N-dealkylation sites (tertiary alicyclic amines) is 1. The number of guanidine groups is 1. The van der Waals surface area contributed by atoms with Crippen molar-refractivity contribution >= 4 is 23.2 Å². The molecule has 1 aromatic heterocycles. The highest BCUT2D eigenvalue weighted by molar-refractivity contribution is 7.09. The Labute approximate surface area is 172 Å². The van der Waals surface area contributed by atoms with Gasteiger partial charge in [-0.2, -0.15) is 0 Å². The number of morpholine rings is 1. The van der Waals surface area contributed by atoms with Crippen molar-refractivity contribution in [2.24, 2.45) is 10.9 Å². The van der Waals surface area contributed by atoms with E-state index >= 15 is 0 Å². The zero-order valence-corrected chi connectivity index (χ0v) is 18.3. The van der Waals surface area contributed by atoms with Crippen LogP contribution in [0.25, 0.3) is 0 Å². The van der Waals surface area contributed by atoms with Gasteiger partial charge in [0.1, 0.15) is 5.01 Å². The number of thiazole rings is 1. The SMILES string of the molecule is CN=C(NCc1nc(C(C)(C)C)cs1)N1CCC(C(=O)N2CCOCC2)CC1. The van der Waals surface area contributed by atoms with Crippen LogP contribution in [0.1, 0.15) is 44.3 Å². The van der Waals surface area contributed by atoms with Gasteiger partial charge >= 0.3 is 0 Å². The summed E-state index contributed by atoms with van der Waals surface area (Å²) in [6.07, 6.45) is 1.75. The molecular weight excluding hydrogens is 374 g/mol. The fourth-order valence-electron chi connectivity index (χ4n) is 3.60. The molecule has 3 rings (SSSR count). The summed E-state index contributed by atoms with van der Waals surface area (Å²) in [7, 11) is 1.82. The second kappa shape index (κ2) is 9.22. The predicted molar refractivity (Wildman–Crippen MR) is 113 cm³/mol. The molecule has 0 saturated carbocycles. The van der Waals surface area contributed by atoms with Crippen molar-refractivity contribution in [1.29, 1.82) is 0 Å². The number of carbonyl (C=O) groups is 1. The molecule has 2 aliphatic heterocycles. The van der Waals surface area contributed by atoms with E-state index < -0.39 is 0 Å². The quantitative estimate of drug-likeness (QED) is 0.614. The highest BCUT2D eigenvalue weighted by atomic mass is 32.1. The number of ether oxygens (including phenoxy) is 1. The van der Waals surface area contributed by atoms with Gasteiger partial charge in [0.25, 0.3) is 0 Å². The third-order valence-electron chi connectivity index (χ3n) is 5.40. The van der Waals surface area contributed by atoms with E-state index in [2.05, 4.69) is 41.4 Å². The lowest BCUT2D eigenvalue weighted by molar-refractivity contribution is -0.140. The molecule has 0 bridgehead atoms. The van der Waals surface area contributed by atoms with Gasteiger partial charge in [-0.15, -0.1) is 11.3 Å². The molecule has 2 fully saturated rings. The van der Waals surface area contributed by atoms with Gasteiger partial charge in [-0.05, 0) is 12.8 Å². The second-order valence-corrected chi connectivity index (χ2v) is 9.42. The van der Waals surface area contributed by atoms with Crippen LogP contribution in [0.2, 0.25) is 0 Å². The van der Waals surface area contributed by atoms with Crippen molar-refractivity contribution in [3.63, 3.8) is 0 Å². The Morgan fingerprint density at radius 1 is 1.25 bits per heavy atom. The lowest BCUT2D eigenvalue weighted by Crippen LogP contribution is -2.49. The highest BCUT2D eigenvalue weighted by Crippen LogP contribution is 2.24. The van der Waals surface area contributed by atoms with E-state index in [0.29, 0.717) is 25.7 Å². The largest absolute Gasteiger partial charge is 0.378 e.